The zero-order chi connectivity index (χ0) is 25.4. The van der Waals surface area contributed by atoms with Gasteiger partial charge in [-0.3, -0.25) is 0 Å². The van der Waals surface area contributed by atoms with Crippen LogP contribution in [0.1, 0.15) is 25.0 Å². The number of amides is 2. The quantitative estimate of drug-likeness (QED) is 0.385. The smallest absolute Gasteiger partial charge is 0.337 e. The van der Waals surface area contributed by atoms with Gasteiger partial charge >= 0.3 is 18.0 Å². The summed E-state index contributed by atoms with van der Waals surface area (Å²) >= 11 is 0. The normalized spacial score (nSPS) is 12.7. The number of fused-ring (bicyclic) bond motifs is 1. The minimum Gasteiger partial charge on any atom is -0.480 e. The molecule has 1 unspecified atom stereocenters. The Morgan fingerprint density at radius 3 is 2.23 bits per heavy atom. The van der Waals surface area contributed by atoms with Crippen LogP contribution in [0, 0.1) is 0 Å². The van der Waals surface area contributed by atoms with E-state index in [1.807, 2.05) is 48.5 Å². The molecule has 0 aliphatic carbocycles. The van der Waals surface area contributed by atoms with Crippen LogP contribution in [0.2, 0.25) is 0 Å². The summed E-state index contributed by atoms with van der Waals surface area (Å²) < 4.78 is 5.14. The van der Waals surface area contributed by atoms with Gasteiger partial charge in [-0.25, -0.2) is 14.4 Å². The molecule has 3 N–H and O–H groups in total. The number of nitrogens with one attached hydrogen (secondary N) is 1. The fraction of sp³-hybridized carbons (Fsp3) is 0.296. The molecular formula is C27H30N2O6. The van der Waals surface area contributed by atoms with Crippen molar-refractivity contribution in [3.8, 4) is 0 Å². The van der Waals surface area contributed by atoms with Gasteiger partial charge in [0.2, 0.25) is 0 Å². The highest BCUT2D eigenvalue weighted by molar-refractivity contribution is 5.85. The number of carbonyl (C=O) groups excluding carboxylic acids is 2. The van der Waals surface area contributed by atoms with Crippen molar-refractivity contribution in [1.82, 2.24) is 10.2 Å². The van der Waals surface area contributed by atoms with Gasteiger partial charge in [0.15, 0.2) is 6.10 Å². The summed E-state index contributed by atoms with van der Waals surface area (Å²) in [6.07, 6.45) is -1.49. The second kappa shape index (κ2) is 12.0. The van der Waals surface area contributed by atoms with Crippen molar-refractivity contribution in [1.29, 1.82) is 0 Å². The van der Waals surface area contributed by atoms with Crippen LogP contribution < -0.4 is 5.32 Å². The Bertz CT molecular complexity index is 1160. The molecule has 3 aromatic carbocycles. The van der Waals surface area contributed by atoms with Gasteiger partial charge in [-0.2, -0.15) is 0 Å². The molecule has 0 saturated carbocycles. The maximum absolute atomic E-state index is 12.9. The summed E-state index contributed by atoms with van der Waals surface area (Å²) in [7, 11) is 0. The molecule has 8 heteroatoms. The Hall–Kier alpha value is -3.91. The number of carbonyl (C=O) groups is 3. The summed E-state index contributed by atoms with van der Waals surface area (Å²) in [4.78, 5) is 38.3. The van der Waals surface area contributed by atoms with E-state index in [0.29, 0.717) is 0 Å². The predicted molar refractivity (Wildman–Crippen MR) is 132 cm³/mol. The monoisotopic (exact) mass is 478 g/mol. The Balaban J connectivity index is 1.62. The molecule has 0 spiro atoms. The molecule has 0 aromatic heterocycles. The van der Waals surface area contributed by atoms with E-state index in [4.69, 9.17) is 4.74 Å². The maximum atomic E-state index is 12.9. The van der Waals surface area contributed by atoms with E-state index >= 15 is 0 Å². The van der Waals surface area contributed by atoms with Crippen molar-refractivity contribution in [3.63, 3.8) is 0 Å². The van der Waals surface area contributed by atoms with E-state index in [9.17, 15) is 24.6 Å². The summed E-state index contributed by atoms with van der Waals surface area (Å²) in [5.41, 5.74) is 1.53. The lowest BCUT2D eigenvalue weighted by atomic mass is 10.0. The summed E-state index contributed by atoms with van der Waals surface area (Å²) in [6, 6.07) is 20.1. The van der Waals surface area contributed by atoms with Crippen molar-refractivity contribution >= 4 is 28.7 Å². The topological polar surface area (TPSA) is 116 Å². The fourth-order valence-electron chi connectivity index (χ4n) is 3.65. The van der Waals surface area contributed by atoms with Gasteiger partial charge in [0.25, 0.3) is 0 Å². The van der Waals surface area contributed by atoms with Crippen LogP contribution in [0.3, 0.4) is 0 Å². The molecule has 0 heterocycles. The Kier molecular flexibility index (Phi) is 8.80. The van der Waals surface area contributed by atoms with Crippen molar-refractivity contribution in [3.05, 3.63) is 83.9 Å². The molecule has 3 aromatic rings. The average Bonchev–Trinajstić information content (AvgIpc) is 2.85. The molecular weight excluding hydrogens is 448 g/mol. The molecule has 0 aliphatic heterocycles. The van der Waals surface area contributed by atoms with E-state index in [1.165, 1.54) is 4.90 Å². The number of aliphatic hydroxyl groups excluding tert-OH is 1. The molecule has 0 saturated heterocycles. The van der Waals surface area contributed by atoms with E-state index < -0.39 is 36.2 Å². The predicted octanol–water partition coefficient (Wildman–Crippen LogP) is 3.36. The van der Waals surface area contributed by atoms with E-state index in [2.05, 4.69) is 5.32 Å². The lowest BCUT2D eigenvalue weighted by Gasteiger charge is -2.30. The molecule has 0 bridgehead atoms. The lowest BCUT2D eigenvalue weighted by molar-refractivity contribution is -0.155. The standard InChI is InChI=1S/C27H30N2O6/c1-18(2)29(16-24(30)26(33)35-17-19-8-4-3-5-9-19)27(34)28-23(25(31)32)15-20-12-13-21-10-6-7-11-22(21)14-20/h3-14,18,23-24,30H,15-17H2,1-2H3,(H,28,34)(H,31,32)/t23-,24?/m0/s1. The molecule has 8 nitrogen and oxygen atoms in total. The SMILES string of the molecule is CC(C)N(CC(O)C(=O)OCc1ccccc1)C(=O)N[C@@H](Cc1ccc2ccccc2c1)C(=O)O. The molecule has 35 heavy (non-hydrogen) atoms. The Morgan fingerprint density at radius 2 is 1.57 bits per heavy atom. The number of carboxylic acid groups (broad SMARTS) is 1. The number of esters is 1. The molecule has 0 fully saturated rings. The van der Waals surface area contributed by atoms with Crippen molar-refractivity contribution in [2.45, 2.75) is 45.1 Å². The Morgan fingerprint density at radius 1 is 0.914 bits per heavy atom. The van der Waals surface area contributed by atoms with Gasteiger partial charge in [0, 0.05) is 12.5 Å². The van der Waals surface area contributed by atoms with E-state index in [1.54, 1.807) is 38.1 Å². The molecule has 184 valence electrons. The van der Waals surface area contributed by atoms with Crippen LogP contribution in [0.15, 0.2) is 72.8 Å². The highest BCUT2D eigenvalue weighted by atomic mass is 16.5. The Labute approximate surface area is 204 Å². The fourth-order valence-corrected chi connectivity index (χ4v) is 3.65. The number of aliphatic hydroxyl groups is 1. The van der Waals surface area contributed by atoms with Crippen LogP contribution in [0.4, 0.5) is 4.79 Å². The second-order valence-electron chi connectivity index (χ2n) is 8.58. The van der Waals surface area contributed by atoms with Gasteiger partial charge in [0.05, 0.1) is 6.54 Å². The van der Waals surface area contributed by atoms with Crippen LogP contribution >= 0.6 is 0 Å². The first-order valence-electron chi connectivity index (χ1n) is 11.4. The third-order valence-corrected chi connectivity index (χ3v) is 5.60. The molecule has 2 amide bonds. The average molecular weight is 479 g/mol. The third kappa shape index (κ3) is 7.28. The number of hydrogen-bond donors (Lipinski definition) is 3. The first-order chi connectivity index (χ1) is 16.7. The third-order valence-electron chi connectivity index (χ3n) is 5.60. The minimum absolute atomic E-state index is 0.00253. The van der Waals surface area contributed by atoms with Gasteiger partial charge in [-0.1, -0.05) is 72.8 Å². The number of urea groups is 1. The number of carboxylic acids is 1. The molecule has 2 atom stereocenters. The van der Waals surface area contributed by atoms with Crippen molar-refractivity contribution in [2.24, 2.45) is 0 Å². The van der Waals surface area contributed by atoms with Gasteiger partial charge in [-0.15, -0.1) is 0 Å². The largest absolute Gasteiger partial charge is 0.480 e. The van der Waals surface area contributed by atoms with E-state index in [-0.39, 0.29) is 19.6 Å². The number of benzene rings is 3. The van der Waals surface area contributed by atoms with Crippen molar-refractivity contribution in [2.75, 3.05) is 6.54 Å². The van der Waals surface area contributed by atoms with E-state index in [0.717, 1.165) is 21.9 Å². The van der Waals surface area contributed by atoms with Crippen molar-refractivity contribution < 1.29 is 29.3 Å². The molecule has 0 radical (unpaired) electrons. The second-order valence-corrected chi connectivity index (χ2v) is 8.58. The van der Waals surface area contributed by atoms with Crippen LogP contribution in [0.25, 0.3) is 10.8 Å². The number of nitrogens with zero attached hydrogens (tertiary/aromatic N) is 1. The zero-order valence-electron chi connectivity index (χ0n) is 19.8. The van der Waals surface area contributed by atoms with Crippen LogP contribution in [-0.2, 0) is 27.4 Å². The van der Waals surface area contributed by atoms with Crippen LogP contribution in [0.5, 0.6) is 0 Å². The van der Waals surface area contributed by atoms with Gasteiger partial charge in [0.1, 0.15) is 12.6 Å². The first kappa shape index (κ1) is 25.7. The van der Waals surface area contributed by atoms with Gasteiger partial charge < -0.3 is 25.2 Å². The molecule has 3 rings (SSSR count). The van der Waals surface area contributed by atoms with Crippen LogP contribution in [-0.4, -0.2) is 57.8 Å². The molecule has 0 aliphatic rings. The summed E-state index contributed by atoms with van der Waals surface area (Å²) in [5.74, 6) is -2.05. The number of ether oxygens (including phenoxy) is 1. The number of hydrogen-bond acceptors (Lipinski definition) is 5. The highest BCUT2D eigenvalue weighted by Gasteiger charge is 2.29. The summed E-state index contributed by atoms with van der Waals surface area (Å²) in [5, 5.41) is 24.6. The minimum atomic E-state index is -1.57. The highest BCUT2D eigenvalue weighted by Crippen LogP contribution is 2.17. The van der Waals surface area contributed by atoms with Gasteiger partial charge in [-0.05, 0) is 35.7 Å². The number of aliphatic carboxylic acids is 1. The maximum Gasteiger partial charge on any atom is 0.337 e. The first-order valence-corrected chi connectivity index (χ1v) is 11.4. The zero-order valence-corrected chi connectivity index (χ0v) is 19.8. The lowest BCUT2D eigenvalue weighted by Crippen LogP contribution is -2.53. The number of rotatable bonds is 10. The summed E-state index contributed by atoms with van der Waals surface area (Å²) in [6.45, 7) is 3.08.